The Morgan fingerprint density at radius 2 is 2.23 bits per heavy atom. The summed E-state index contributed by atoms with van der Waals surface area (Å²) < 4.78 is 21.7. The number of rotatable bonds is 4. The van der Waals surface area contributed by atoms with Gasteiger partial charge in [-0.15, -0.1) is 0 Å². The number of hydrogen-bond donors (Lipinski definition) is 0. The van der Waals surface area contributed by atoms with Gasteiger partial charge in [-0.2, -0.15) is 4.98 Å². The third-order valence-corrected chi connectivity index (χ3v) is 4.05. The smallest absolute Gasteiger partial charge is 0.231 e. The predicted molar refractivity (Wildman–Crippen MR) is 76.9 cm³/mol. The van der Waals surface area contributed by atoms with Gasteiger partial charge < -0.3 is 18.7 Å². The van der Waals surface area contributed by atoms with Crippen LogP contribution in [0.15, 0.2) is 22.7 Å². The number of nitrogens with zero attached hydrogens (tertiary/aromatic N) is 2. The summed E-state index contributed by atoms with van der Waals surface area (Å²) in [6, 6.07) is 5.85. The minimum atomic E-state index is 0.269. The lowest BCUT2D eigenvalue weighted by atomic mass is 9.99. The minimum Gasteiger partial charge on any atom is -0.454 e. The van der Waals surface area contributed by atoms with Crippen LogP contribution in [0.25, 0.3) is 0 Å². The fraction of sp³-hybridized carbons (Fsp3) is 0.500. The summed E-state index contributed by atoms with van der Waals surface area (Å²) in [4.78, 5) is 4.50. The van der Waals surface area contributed by atoms with Crippen molar-refractivity contribution in [2.75, 3.05) is 20.0 Å². The normalized spacial score (nSPS) is 20.3. The van der Waals surface area contributed by atoms with Crippen molar-refractivity contribution in [2.45, 2.75) is 25.7 Å². The monoisotopic (exact) mass is 302 g/mol. The molecule has 0 amide bonds. The highest BCUT2D eigenvalue weighted by molar-refractivity contribution is 5.48. The van der Waals surface area contributed by atoms with Crippen LogP contribution >= 0.6 is 0 Å². The van der Waals surface area contributed by atoms with Crippen LogP contribution in [-0.2, 0) is 17.6 Å². The molecule has 6 heteroatoms. The summed E-state index contributed by atoms with van der Waals surface area (Å²) in [6.07, 6.45) is 3.64. The van der Waals surface area contributed by atoms with Gasteiger partial charge in [-0.3, -0.25) is 0 Å². The SMILES string of the molecule is c1cc(Cc2noc(CC3CCCOC3)n2)c2c(c1)OCO2. The van der Waals surface area contributed by atoms with Crippen LogP contribution in [0.4, 0.5) is 0 Å². The van der Waals surface area contributed by atoms with Gasteiger partial charge >= 0.3 is 0 Å². The van der Waals surface area contributed by atoms with Crippen molar-refractivity contribution in [2.24, 2.45) is 5.92 Å². The van der Waals surface area contributed by atoms with Gasteiger partial charge in [-0.1, -0.05) is 17.3 Å². The molecule has 22 heavy (non-hydrogen) atoms. The van der Waals surface area contributed by atoms with E-state index in [1.165, 1.54) is 0 Å². The maximum atomic E-state index is 5.51. The average Bonchev–Trinajstić information content (AvgIpc) is 3.18. The van der Waals surface area contributed by atoms with Crippen LogP contribution in [0, 0.1) is 5.92 Å². The van der Waals surface area contributed by atoms with Crippen LogP contribution in [0.1, 0.15) is 30.1 Å². The molecule has 1 aromatic carbocycles. The van der Waals surface area contributed by atoms with E-state index in [0.717, 1.165) is 49.5 Å². The molecule has 1 aromatic heterocycles. The molecule has 1 unspecified atom stereocenters. The zero-order chi connectivity index (χ0) is 14.8. The molecule has 3 heterocycles. The van der Waals surface area contributed by atoms with E-state index < -0.39 is 0 Å². The second kappa shape index (κ2) is 5.96. The van der Waals surface area contributed by atoms with Crippen LogP contribution < -0.4 is 9.47 Å². The van der Waals surface area contributed by atoms with Crippen LogP contribution in [0.5, 0.6) is 11.5 Å². The molecule has 116 valence electrons. The first-order valence-corrected chi connectivity index (χ1v) is 7.65. The van der Waals surface area contributed by atoms with Gasteiger partial charge in [0.1, 0.15) is 0 Å². The molecule has 0 spiro atoms. The van der Waals surface area contributed by atoms with E-state index in [1.54, 1.807) is 0 Å². The standard InChI is InChI=1S/C16H18N2O4/c1-4-12(16-13(5-1)20-10-21-16)8-14-17-15(22-18-14)7-11-3-2-6-19-9-11/h1,4-5,11H,2-3,6-10H2. The molecule has 0 aliphatic carbocycles. The Labute approximate surface area is 128 Å². The fourth-order valence-electron chi connectivity index (χ4n) is 2.96. The predicted octanol–water partition coefficient (Wildman–Crippen LogP) is 2.36. The summed E-state index contributed by atoms with van der Waals surface area (Å²) in [6.45, 7) is 1.92. The molecular formula is C16H18N2O4. The van der Waals surface area contributed by atoms with E-state index in [4.69, 9.17) is 18.7 Å². The summed E-state index contributed by atoms with van der Waals surface area (Å²) in [5.41, 5.74) is 1.02. The summed E-state index contributed by atoms with van der Waals surface area (Å²) in [7, 11) is 0. The van der Waals surface area contributed by atoms with E-state index in [0.29, 0.717) is 24.1 Å². The molecule has 2 aromatic rings. The minimum absolute atomic E-state index is 0.269. The first-order valence-electron chi connectivity index (χ1n) is 7.65. The quantitative estimate of drug-likeness (QED) is 0.863. The second-order valence-electron chi connectivity index (χ2n) is 5.72. The van der Waals surface area contributed by atoms with Crippen LogP contribution in [0.3, 0.4) is 0 Å². The summed E-state index contributed by atoms with van der Waals surface area (Å²) >= 11 is 0. The van der Waals surface area contributed by atoms with E-state index in [2.05, 4.69) is 10.1 Å². The van der Waals surface area contributed by atoms with Gasteiger partial charge in [0.2, 0.25) is 12.7 Å². The van der Waals surface area contributed by atoms with Crippen molar-refractivity contribution in [3.05, 3.63) is 35.5 Å². The summed E-state index contributed by atoms with van der Waals surface area (Å²) in [5, 5.41) is 4.08. The highest BCUT2D eigenvalue weighted by Crippen LogP contribution is 2.36. The third-order valence-electron chi connectivity index (χ3n) is 4.05. The Morgan fingerprint density at radius 1 is 1.23 bits per heavy atom. The molecule has 6 nitrogen and oxygen atoms in total. The molecule has 2 aliphatic heterocycles. The number of hydrogen-bond acceptors (Lipinski definition) is 6. The zero-order valence-electron chi connectivity index (χ0n) is 12.3. The average molecular weight is 302 g/mol. The highest BCUT2D eigenvalue weighted by Gasteiger charge is 2.21. The van der Waals surface area contributed by atoms with Crippen molar-refractivity contribution in [1.29, 1.82) is 0 Å². The lowest BCUT2D eigenvalue weighted by Gasteiger charge is -2.20. The lowest BCUT2D eigenvalue weighted by Crippen LogP contribution is -2.19. The maximum absolute atomic E-state index is 5.51. The van der Waals surface area contributed by atoms with Crippen molar-refractivity contribution in [3.8, 4) is 11.5 Å². The highest BCUT2D eigenvalue weighted by atomic mass is 16.7. The Morgan fingerprint density at radius 3 is 3.14 bits per heavy atom. The van der Waals surface area contributed by atoms with Crippen LogP contribution in [0.2, 0.25) is 0 Å². The Hall–Kier alpha value is -2.08. The molecule has 4 rings (SSSR count). The molecule has 0 saturated carbocycles. The number of para-hydroxylation sites is 1. The van der Waals surface area contributed by atoms with E-state index >= 15 is 0 Å². The first kappa shape index (κ1) is 13.6. The number of fused-ring (bicyclic) bond motifs is 1. The molecule has 1 saturated heterocycles. The molecule has 0 N–H and O–H groups in total. The Balaban J connectivity index is 1.45. The zero-order valence-corrected chi connectivity index (χ0v) is 12.3. The van der Waals surface area contributed by atoms with E-state index in [9.17, 15) is 0 Å². The largest absolute Gasteiger partial charge is 0.454 e. The molecule has 2 aliphatic rings. The number of benzene rings is 1. The molecule has 0 bridgehead atoms. The van der Waals surface area contributed by atoms with Crippen molar-refractivity contribution in [1.82, 2.24) is 10.1 Å². The number of ether oxygens (including phenoxy) is 3. The first-order chi connectivity index (χ1) is 10.9. The second-order valence-corrected chi connectivity index (χ2v) is 5.72. The van der Waals surface area contributed by atoms with Gasteiger partial charge in [0.25, 0.3) is 0 Å². The van der Waals surface area contributed by atoms with Crippen molar-refractivity contribution >= 4 is 0 Å². The van der Waals surface area contributed by atoms with Gasteiger partial charge in [-0.05, 0) is 24.8 Å². The Bertz CT molecular complexity index is 649. The van der Waals surface area contributed by atoms with Gasteiger partial charge in [0.05, 0.1) is 0 Å². The fourth-order valence-corrected chi connectivity index (χ4v) is 2.96. The van der Waals surface area contributed by atoms with Crippen molar-refractivity contribution < 1.29 is 18.7 Å². The van der Waals surface area contributed by atoms with E-state index in [-0.39, 0.29) is 6.79 Å². The molecule has 1 atom stereocenters. The van der Waals surface area contributed by atoms with Crippen molar-refractivity contribution in [3.63, 3.8) is 0 Å². The van der Waals surface area contributed by atoms with Crippen LogP contribution in [-0.4, -0.2) is 30.1 Å². The number of aromatic nitrogens is 2. The van der Waals surface area contributed by atoms with Gasteiger partial charge in [0.15, 0.2) is 17.3 Å². The topological polar surface area (TPSA) is 66.6 Å². The maximum Gasteiger partial charge on any atom is 0.231 e. The molecule has 1 fully saturated rings. The van der Waals surface area contributed by atoms with Gasteiger partial charge in [0, 0.05) is 31.6 Å². The Kier molecular flexibility index (Phi) is 3.68. The van der Waals surface area contributed by atoms with E-state index in [1.807, 2.05) is 18.2 Å². The lowest BCUT2D eigenvalue weighted by molar-refractivity contribution is 0.0520. The summed E-state index contributed by atoms with van der Waals surface area (Å²) in [5.74, 6) is 3.42. The molecule has 0 radical (unpaired) electrons. The third kappa shape index (κ3) is 2.78. The van der Waals surface area contributed by atoms with Gasteiger partial charge in [-0.25, -0.2) is 0 Å². The molecular weight excluding hydrogens is 284 g/mol.